The average molecular weight is 243 g/mol. The number of carboxylic acid groups (broad SMARTS) is 1. The largest absolute Gasteiger partial charge is 0.481 e. The first-order chi connectivity index (χ1) is 8.09. The van der Waals surface area contributed by atoms with Crippen molar-refractivity contribution in [2.75, 3.05) is 32.7 Å². The lowest BCUT2D eigenvalue weighted by molar-refractivity contribution is -0.137. The van der Waals surface area contributed by atoms with Crippen molar-refractivity contribution in [2.24, 2.45) is 0 Å². The van der Waals surface area contributed by atoms with E-state index >= 15 is 0 Å². The van der Waals surface area contributed by atoms with Crippen molar-refractivity contribution in [3.8, 4) is 0 Å². The van der Waals surface area contributed by atoms with E-state index < -0.39 is 5.97 Å². The fraction of sp³-hybridized carbons (Fsp3) is 0.818. The molecule has 3 N–H and O–H groups in total. The molecule has 1 fully saturated rings. The highest BCUT2D eigenvalue weighted by Gasteiger charge is 2.19. The van der Waals surface area contributed by atoms with Gasteiger partial charge in [0.2, 0.25) is 5.91 Å². The van der Waals surface area contributed by atoms with Gasteiger partial charge in [-0.1, -0.05) is 0 Å². The van der Waals surface area contributed by atoms with Crippen molar-refractivity contribution in [1.82, 2.24) is 15.5 Å². The zero-order chi connectivity index (χ0) is 12.7. The van der Waals surface area contributed by atoms with Crippen LogP contribution in [0.3, 0.4) is 0 Å². The standard InChI is InChI=1S/C11H21N3O3/c1-9-7-12-5-6-14(9)8-10(15)13-4-2-3-11(16)17/h9,12H,2-8H2,1H3,(H,13,15)(H,16,17). The van der Waals surface area contributed by atoms with Crippen LogP contribution in [0.1, 0.15) is 19.8 Å². The topological polar surface area (TPSA) is 81.7 Å². The second-order valence-corrected chi connectivity index (χ2v) is 4.37. The number of amides is 1. The maximum Gasteiger partial charge on any atom is 0.303 e. The van der Waals surface area contributed by atoms with E-state index in [1.165, 1.54) is 0 Å². The fourth-order valence-corrected chi connectivity index (χ4v) is 1.83. The third-order valence-electron chi connectivity index (χ3n) is 2.88. The molecule has 98 valence electrons. The van der Waals surface area contributed by atoms with Crippen molar-refractivity contribution < 1.29 is 14.7 Å². The number of carbonyl (C=O) groups excluding carboxylic acids is 1. The van der Waals surface area contributed by atoms with Gasteiger partial charge >= 0.3 is 5.97 Å². The highest BCUT2D eigenvalue weighted by atomic mass is 16.4. The Morgan fingerprint density at radius 1 is 1.53 bits per heavy atom. The Labute approximate surface area is 101 Å². The lowest BCUT2D eigenvalue weighted by Gasteiger charge is -2.33. The molecule has 0 aromatic heterocycles. The molecule has 0 bridgehead atoms. The summed E-state index contributed by atoms with van der Waals surface area (Å²) in [6, 6.07) is 0.369. The zero-order valence-corrected chi connectivity index (χ0v) is 10.2. The van der Waals surface area contributed by atoms with E-state index in [1.807, 2.05) is 0 Å². The molecule has 6 nitrogen and oxygen atoms in total. The van der Waals surface area contributed by atoms with Crippen LogP contribution in [0.25, 0.3) is 0 Å². The highest BCUT2D eigenvalue weighted by molar-refractivity contribution is 5.78. The molecule has 6 heteroatoms. The summed E-state index contributed by atoms with van der Waals surface area (Å²) >= 11 is 0. The van der Waals surface area contributed by atoms with Crippen LogP contribution in [0.15, 0.2) is 0 Å². The van der Waals surface area contributed by atoms with Crippen molar-refractivity contribution in [1.29, 1.82) is 0 Å². The molecule has 1 atom stereocenters. The molecule has 1 rings (SSSR count). The Bertz CT molecular complexity index is 271. The van der Waals surface area contributed by atoms with Gasteiger partial charge in [-0.3, -0.25) is 14.5 Å². The fourth-order valence-electron chi connectivity index (χ4n) is 1.83. The van der Waals surface area contributed by atoms with Crippen LogP contribution in [0.2, 0.25) is 0 Å². The minimum atomic E-state index is -0.824. The minimum Gasteiger partial charge on any atom is -0.481 e. The summed E-state index contributed by atoms with van der Waals surface area (Å²) in [4.78, 5) is 24.0. The summed E-state index contributed by atoms with van der Waals surface area (Å²) in [5.41, 5.74) is 0. The van der Waals surface area contributed by atoms with Gasteiger partial charge in [0, 0.05) is 38.6 Å². The Hall–Kier alpha value is -1.14. The minimum absolute atomic E-state index is 0.0239. The van der Waals surface area contributed by atoms with Crippen molar-refractivity contribution in [3.63, 3.8) is 0 Å². The second kappa shape index (κ2) is 7.24. The number of carboxylic acids is 1. The number of nitrogens with one attached hydrogen (secondary N) is 2. The zero-order valence-electron chi connectivity index (χ0n) is 10.2. The van der Waals surface area contributed by atoms with E-state index in [2.05, 4.69) is 22.5 Å². The van der Waals surface area contributed by atoms with Crippen molar-refractivity contribution in [3.05, 3.63) is 0 Å². The number of piperazine rings is 1. The quantitative estimate of drug-likeness (QED) is 0.535. The Morgan fingerprint density at radius 2 is 2.29 bits per heavy atom. The summed E-state index contributed by atoms with van der Waals surface area (Å²) in [7, 11) is 0. The molecule has 0 aromatic rings. The van der Waals surface area contributed by atoms with Gasteiger partial charge in [-0.15, -0.1) is 0 Å². The van der Waals surface area contributed by atoms with Gasteiger partial charge in [-0.25, -0.2) is 0 Å². The normalized spacial score (nSPS) is 21.1. The van der Waals surface area contributed by atoms with Gasteiger partial charge in [-0.05, 0) is 13.3 Å². The summed E-state index contributed by atoms with van der Waals surface area (Å²) in [6.45, 7) is 5.62. The van der Waals surface area contributed by atoms with Crippen molar-refractivity contribution >= 4 is 11.9 Å². The number of nitrogens with zero attached hydrogens (tertiary/aromatic N) is 1. The molecule has 1 heterocycles. The van der Waals surface area contributed by atoms with E-state index in [1.54, 1.807) is 0 Å². The van der Waals surface area contributed by atoms with Gasteiger partial charge in [-0.2, -0.15) is 0 Å². The Kier molecular flexibility index (Phi) is 5.93. The lowest BCUT2D eigenvalue weighted by atomic mass is 10.2. The first-order valence-corrected chi connectivity index (χ1v) is 6.03. The first kappa shape index (κ1) is 13.9. The van der Waals surface area contributed by atoms with Crippen LogP contribution in [-0.4, -0.2) is 60.6 Å². The number of aliphatic carboxylic acids is 1. The first-order valence-electron chi connectivity index (χ1n) is 6.03. The average Bonchev–Trinajstić information content (AvgIpc) is 2.27. The molecule has 1 unspecified atom stereocenters. The molecule has 1 amide bonds. The van der Waals surface area contributed by atoms with Gasteiger partial charge in [0.25, 0.3) is 0 Å². The van der Waals surface area contributed by atoms with E-state index in [9.17, 15) is 9.59 Å². The molecule has 0 spiro atoms. The van der Waals surface area contributed by atoms with E-state index in [-0.39, 0.29) is 12.3 Å². The number of rotatable bonds is 6. The van der Waals surface area contributed by atoms with E-state index in [0.717, 1.165) is 19.6 Å². The number of hydrogen-bond acceptors (Lipinski definition) is 4. The van der Waals surface area contributed by atoms with Crippen LogP contribution in [0.5, 0.6) is 0 Å². The van der Waals surface area contributed by atoms with Crippen molar-refractivity contribution in [2.45, 2.75) is 25.8 Å². The van der Waals surface area contributed by atoms with Gasteiger partial charge < -0.3 is 15.7 Å². The number of carbonyl (C=O) groups is 2. The maximum absolute atomic E-state index is 11.6. The smallest absolute Gasteiger partial charge is 0.303 e. The van der Waals surface area contributed by atoms with E-state index in [4.69, 9.17) is 5.11 Å². The molecule has 1 saturated heterocycles. The molecular formula is C11H21N3O3. The Morgan fingerprint density at radius 3 is 2.94 bits per heavy atom. The predicted octanol–water partition coefficient (Wildman–Crippen LogP) is -0.739. The molecule has 0 radical (unpaired) electrons. The van der Waals surface area contributed by atoms with Crippen LogP contribution in [-0.2, 0) is 9.59 Å². The lowest BCUT2D eigenvalue weighted by Crippen LogP contribution is -2.52. The third kappa shape index (κ3) is 5.65. The third-order valence-corrected chi connectivity index (χ3v) is 2.88. The molecule has 0 saturated carbocycles. The molecular weight excluding hydrogens is 222 g/mol. The number of hydrogen-bond donors (Lipinski definition) is 3. The summed E-state index contributed by atoms with van der Waals surface area (Å²) in [6.07, 6.45) is 0.586. The Balaban J connectivity index is 2.13. The maximum atomic E-state index is 11.6. The summed E-state index contributed by atoms with van der Waals surface area (Å²) in [5.74, 6) is -0.848. The summed E-state index contributed by atoms with van der Waals surface area (Å²) < 4.78 is 0. The van der Waals surface area contributed by atoms with Gasteiger partial charge in [0.05, 0.1) is 6.54 Å². The van der Waals surface area contributed by atoms with Crippen LogP contribution < -0.4 is 10.6 Å². The van der Waals surface area contributed by atoms with Crippen LogP contribution in [0.4, 0.5) is 0 Å². The molecule has 17 heavy (non-hydrogen) atoms. The summed E-state index contributed by atoms with van der Waals surface area (Å²) in [5, 5.41) is 14.5. The van der Waals surface area contributed by atoms with Crippen LogP contribution >= 0.6 is 0 Å². The molecule has 0 aromatic carbocycles. The molecule has 1 aliphatic rings. The molecule has 0 aliphatic carbocycles. The van der Waals surface area contributed by atoms with Gasteiger partial charge in [0.15, 0.2) is 0 Å². The molecule has 1 aliphatic heterocycles. The monoisotopic (exact) mass is 243 g/mol. The van der Waals surface area contributed by atoms with E-state index in [0.29, 0.717) is 25.6 Å². The van der Waals surface area contributed by atoms with Gasteiger partial charge in [0.1, 0.15) is 0 Å². The SMILES string of the molecule is CC1CNCCN1CC(=O)NCCCC(=O)O. The predicted molar refractivity (Wildman–Crippen MR) is 63.8 cm³/mol. The van der Waals surface area contributed by atoms with Crippen LogP contribution in [0, 0.1) is 0 Å². The second-order valence-electron chi connectivity index (χ2n) is 4.37. The highest BCUT2D eigenvalue weighted by Crippen LogP contribution is 2.01.